The van der Waals surface area contributed by atoms with Gasteiger partial charge in [0.15, 0.2) is 11.6 Å². The van der Waals surface area contributed by atoms with Crippen molar-refractivity contribution in [2.24, 2.45) is 0 Å². The molecular formula is C22H17Cl2N5O3S. The Hall–Kier alpha value is -3.40. The lowest BCUT2D eigenvalue weighted by Gasteiger charge is -2.15. The lowest BCUT2D eigenvalue weighted by molar-refractivity contribution is -0.114. The lowest BCUT2D eigenvalue weighted by Crippen LogP contribution is -2.16. The number of fused-ring (bicyclic) bond motifs is 1. The predicted octanol–water partition coefficient (Wildman–Crippen LogP) is 5.44. The summed E-state index contributed by atoms with van der Waals surface area (Å²) >= 11 is 12.3. The molecule has 4 rings (SSSR count). The van der Waals surface area contributed by atoms with E-state index in [4.69, 9.17) is 23.2 Å². The number of carbonyl (C=O) groups excluding carboxylic acids is 1. The van der Waals surface area contributed by atoms with Gasteiger partial charge in [-0.3, -0.25) is 9.52 Å². The Bertz CT molecular complexity index is 1440. The number of carbonyl (C=O) groups is 1. The third kappa shape index (κ3) is 5.16. The van der Waals surface area contributed by atoms with Crippen LogP contribution < -0.4 is 15.4 Å². The molecule has 33 heavy (non-hydrogen) atoms. The molecule has 0 bridgehead atoms. The van der Waals surface area contributed by atoms with Gasteiger partial charge in [0.05, 0.1) is 31.7 Å². The summed E-state index contributed by atoms with van der Waals surface area (Å²) in [6.45, 7) is 1.29. The van der Waals surface area contributed by atoms with E-state index in [9.17, 15) is 13.2 Å². The van der Waals surface area contributed by atoms with Crippen molar-refractivity contribution in [3.63, 3.8) is 0 Å². The Morgan fingerprint density at radius 1 is 0.848 bits per heavy atom. The molecule has 0 aliphatic heterocycles. The molecule has 0 aliphatic carbocycles. The van der Waals surface area contributed by atoms with Crippen molar-refractivity contribution in [3.8, 4) is 0 Å². The zero-order chi connectivity index (χ0) is 23.6. The van der Waals surface area contributed by atoms with Crippen molar-refractivity contribution < 1.29 is 13.2 Å². The van der Waals surface area contributed by atoms with E-state index in [2.05, 4.69) is 25.3 Å². The zero-order valence-corrected chi connectivity index (χ0v) is 19.5. The quantitative estimate of drug-likeness (QED) is 0.324. The van der Waals surface area contributed by atoms with Gasteiger partial charge in [0.2, 0.25) is 5.91 Å². The molecule has 4 aromatic rings. The summed E-state index contributed by atoms with van der Waals surface area (Å²) in [5.41, 5.74) is 1.92. The summed E-state index contributed by atoms with van der Waals surface area (Å²) in [5, 5.41) is 5.52. The summed E-state index contributed by atoms with van der Waals surface area (Å²) in [7, 11) is -4.16. The van der Waals surface area contributed by atoms with Crippen LogP contribution in [0.5, 0.6) is 0 Å². The third-order valence-corrected chi connectivity index (χ3v) is 6.38. The molecule has 11 heteroatoms. The van der Waals surface area contributed by atoms with Crippen molar-refractivity contribution in [3.05, 3.63) is 76.8 Å². The van der Waals surface area contributed by atoms with Crippen LogP contribution in [0.2, 0.25) is 10.0 Å². The van der Waals surface area contributed by atoms with Crippen molar-refractivity contribution >= 4 is 73.2 Å². The van der Waals surface area contributed by atoms with E-state index in [0.717, 1.165) is 0 Å². The lowest BCUT2D eigenvalue weighted by atomic mass is 10.3. The van der Waals surface area contributed by atoms with Gasteiger partial charge >= 0.3 is 0 Å². The fourth-order valence-corrected chi connectivity index (χ4v) is 4.77. The number of halogens is 2. The van der Waals surface area contributed by atoms with E-state index in [1.54, 1.807) is 18.2 Å². The van der Waals surface area contributed by atoms with Gasteiger partial charge in [-0.2, -0.15) is 0 Å². The molecule has 0 saturated heterocycles. The smallest absolute Gasteiger partial charge is 0.263 e. The number of sulfonamides is 1. The first-order chi connectivity index (χ1) is 15.7. The van der Waals surface area contributed by atoms with Crippen LogP contribution in [0.1, 0.15) is 6.92 Å². The van der Waals surface area contributed by atoms with Crippen LogP contribution in [-0.4, -0.2) is 24.3 Å². The van der Waals surface area contributed by atoms with Crippen LogP contribution in [0, 0.1) is 0 Å². The molecule has 1 amide bonds. The number of hydrogen-bond acceptors (Lipinski definition) is 6. The minimum absolute atomic E-state index is 0.00395. The van der Waals surface area contributed by atoms with E-state index >= 15 is 0 Å². The minimum atomic E-state index is -4.16. The van der Waals surface area contributed by atoms with Gasteiger partial charge in [-0.25, -0.2) is 18.4 Å². The summed E-state index contributed by atoms with van der Waals surface area (Å²) in [6.07, 6.45) is 0. The van der Waals surface area contributed by atoms with Crippen LogP contribution in [0.4, 0.5) is 23.0 Å². The van der Waals surface area contributed by atoms with Gasteiger partial charge in [0.1, 0.15) is 0 Å². The third-order valence-electron chi connectivity index (χ3n) is 4.47. The van der Waals surface area contributed by atoms with Crippen molar-refractivity contribution in [2.45, 2.75) is 11.8 Å². The number of hydrogen-bond donors (Lipinski definition) is 3. The van der Waals surface area contributed by atoms with Crippen LogP contribution in [-0.2, 0) is 14.8 Å². The van der Waals surface area contributed by atoms with E-state index in [0.29, 0.717) is 16.7 Å². The van der Waals surface area contributed by atoms with Crippen molar-refractivity contribution in [1.82, 2.24) is 9.97 Å². The molecule has 168 valence electrons. The monoisotopic (exact) mass is 501 g/mol. The second kappa shape index (κ2) is 9.22. The molecule has 3 aromatic carbocycles. The normalized spacial score (nSPS) is 11.2. The standard InChI is InChI=1S/C22H17Cl2N5O3S/c1-13(30)25-20-16(23)11-15(12-17(20)24)33(31,32)29-22-21(26-14-7-3-2-4-8-14)27-18-9-5-6-10-19(18)28-22/h2-12H,1H3,(H,25,30)(H,26,27)(H,28,29). The van der Waals surface area contributed by atoms with Gasteiger partial charge in [0, 0.05) is 12.6 Å². The Balaban J connectivity index is 1.76. The number of rotatable bonds is 6. The molecule has 0 atom stereocenters. The maximum Gasteiger partial charge on any atom is 0.263 e. The van der Waals surface area contributed by atoms with E-state index in [1.807, 2.05) is 36.4 Å². The molecule has 0 radical (unpaired) electrons. The number of anilines is 4. The second-order valence-electron chi connectivity index (χ2n) is 6.95. The van der Waals surface area contributed by atoms with Crippen molar-refractivity contribution in [2.75, 3.05) is 15.4 Å². The van der Waals surface area contributed by atoms with Crippen molar-refractivity contribution in [1.29, 1.82) is 0 Å². The molecule has 0 unspecified atom stereocenters. The first kappa shape index (κ1) is 22.8. The number of nitrogens with zero attached hydrogens (tertiary/aromatic N) is 2. The largest absolute Gasteiger partial charge is 0.337 e. The average molecular weight is 502 g/mol. The molecule has 8 nitrogen and oxygen atoms in total. The summed E-state index contributed by atoms with van der Waals surface area (Å²) < 4.78 is 28.8. The molecule has 0 spiro atoms. The molecular weight excluding hydrogens is 485 g/mol. The molecule has 0 aliphatic rings. The van der Waals surface area contributed by atoms with E-state index < -0.39 is 15.9 Å². The van der Waals surface area contributed by atoms with Crippen LogP contribution >= 0.6 is 23.2 Å². The number of benzene rings is 3. The maximum absolute atomic E-state index is 13.2. The van der Waals surface area contributed by atoms with Crippen LogP contribution in [0.3, 0.4) is 0 Å². The van der Waals surface area contributed by atoms with E-state index in [1.165, 1.54) is 19.1 Å². The highest BCUT2D eigenvalue weighted by Crippen LogP contribution is 2.34. The highest BCUT2D eigenvalue weighted by Gasteiger charge is 2.22. The zero-order valence-electron chi connectivity index (χ0n) is 17.1. The molecule has 1 aromatic heterocycles. The molecule has 3 N–H and O–H groups in total. The Kier molecular flexibility index (Phi) is 6.37. The van der Waals surface area contributed by atoms with Gasteiger partial charge < -0.3 is 10.6 Å². The van der Waals surface area contributed by atoms with Gasteiger partial charge in [0.25, 0.3) is 10.0 Å². The fourth-order valence-electron chi connectivity index (χ4n) is 3.00. The Morgan fingerprint density at radius 3 is 1.97 bits per heavy atom. The van der Waals surface area contributed by atoms with Crippen LogP contribution in [0.25, 0.3) is 11.0 Å². The summed E-state index contributed by atoms with van der Waals surface area (Å²) in [4.78, 5) is 20.1. The summed E-state index contributed by atoms with van der Waals surface area (Å²) in [6, 6.07) is 18.6. The van der Waals surface area contributed by atoms with Gasteiger partial charge in [-0.15, -0.1) is 0 Å². The van der Waals surface area contributed by atoms with Gasteiger partial charge in [-0.05, 0) is 36.4 Å². The van der Waals surface area contributed by atoms with Gasteiger partial charge in [-0.1, -0.05) is 53.5 Å². The number of para-hydroxylation sites is 3. The molecule has 0 fully saturated rings. The summed E-state index contributed by atoms with van der Waals surface area (Å²) in [5.74, 6) is -0.179. The Morgan fingerprint density at radius 2 is 1.39 bits per heavy atom. The Labute approximate surface area is 200 Å². The highest BCUT2D eigenvalue weighted by molar-refractivity contribution is 7.92. The average Bonchev–Trinajstić information content (AvgIpc) is 2.77. The first-order valence-electron chi connectivity index (χ1n) is 9.61. The van der Waals surface area contributed by atoms with E-state index in [-0.39, 0.29) is 32.3 Å². The fraction of sp³-hybridized carbons (Fsp3) is 0.0455. The SMILES string of the molecule is CC(=O)Nc1c(Cl)cc(S(=O)(=O)Nc2nc3ccccc3nc2Nc2ccccc2)cc1Cl. The minimum Gasteiger partial charge on any atom is -0.337 e. The number of amides is 1. The van der Waals surface area contributed by atoms with Crippen LogP contribution in [0.15, 0.2) is 71.6 Å². The first-order valence-corrected chi connectivity index (χ1v) is 11.8. The maximum atomic E-state index is 13.2. The topological polar surface area (TPSA) is 113 Å². The predicted molar refractivity (Wildman–Crippen MR) is 131 cm³/mol. The molecule has 1 heterocycles. The number of aromatic nitrogens is 2. The highest BCUT2D eigenvalue weighted by atomic mass is 35.5. The second-order valence-corrected chi connectivity index (χ2v) is 9.45. The number of nitrogens with one attached hydrogen (secondary N) is 3. The molecule has 0 saturated carbocycles.